The SMILES string of the molecule is CC(N/C=C(/C#N)C(=O)NCc1ccc2c(c1)OCO2)C1CC2CCC1C2. The van der Waals surface area contributed by atoms with E-state index in [0.29, 0.717) is 24.0 Å². The highest BCUT2D eigenvalue weighted by molar-refractivity contribution is 5.97. The van der Waals surface area contributed by atoms with Crippen LogP contribution in [-0.2, 0) is 11.3 Å². The van der Waals surface area contributed by atoms with Gasteiger partial charge < -0.3 is 20.1 Å². The van der Waals surface area contributed by atoms with Crippen LogP contribution in [0.4, 0.5) is 0 Å². The predicted octanol–water partition coefficient (Wildman–Crippen LogP) is 2.85. The molecular weight excluding hydrogens is 342 g/mol. The van der Waals surface area contributed by atoms with Gasteiger partial charge in [-0.15, -0.1) is 0 Å². The van der Waals surface area contributed by atoms with Crippen LogP contribution in [0.15, 0.2) is 30.0 Å². The van der Waals surface area contributed by atoms with Gasteiger partial charge in [0.15, 0.2) is 11.5 Å². The summed E-state index contributed by atoms with van der Waals surface area (Å²) in [6.07, 6.45) is 6.89. The summed E-state index contributed by atoms with van der Waals surface area (Å²) in [7, 11) is 0. The molecule has 27 heavy (non-hydrogen) atoms. The number of nitriles is 1. The number of ether oxygens (including phenoxy) is 2. The van der Waals surface area contributed by atoms with Crippen molar-refractivity contribution in [2.75, 3.05) is 6.79 Å². The fourth-order valence-corrected chi connectivity index (χ4v) is 4.72. The maximum Gasteiger partial charge on any atom is 0.263 e. The van der Waals surface area contributed by atoms with Crippen LogP contribution in [0.2, 0.25) is 0 Å². The lowest BCUT2D eigenvalue weighted by Crippen LogP contribution is -2.34. The average Bonchev–Trinajstić information content (AvgIpc) is 3.42. The highest BCUT2D eigenvalue weighted by Crippen LogP contribution is 2.49. The number of rotatable bonds is 6. The number of fused-ring (bicyclic) bond motifs is 3. The first-order valence-electron chi connectivity index (χ1n) is 9.67. The van der Waals surface area contributed by atoms with Gasteiger partial charge in [0.05, 0.1) is 0 Å². The summed E-state index contributed by atoms with van der Waals surface area (Å²) in [6.45, 7) is 2.71. The van der Waals surface area contributed by atoms with Crippen LogP contribution in [-0.4, -0.2) is 18.7 Å². The number of hydrogen-bond donors (Lipinski definition) is 2. The molecule has 0 saturated heterocycles. The van der Waals surface area contributed by atoms with Gasteiger partial charge in [-0.3, -0.25) is 4.79 Å². The highest BCUT2D eigenvalue weighted by Gasteiger charge is 2.41. The maximum absolute atomic E-state index is 12.3. The van der Waals surface area contributed by atoms with Gasteiger partial charge in [0.1, 0.15) is 11.6 Å². The fraction of sp³-hybridized carbons (Fsp3) is 0.524. The van der Waals surface area contributed by atoms with Gasteiger partial charge in [0, 0.05) is 18.8 Å². The average molecular weight is 367 g/mol. The van der Waals surface area contributed by atoms with E-state index in [1.165, 1.54) is 25.7 Å². The molecule has 6 heteroatoms. The van der Waals surface area contributed by atoms with Crippen LogP contribution < -0.4 is 20.1 Å². The first kappa shape index (κ1) is 17.7. The summed E-state index contributed by atoms with van der Waals surface area (Å²) in [5.41, 5.74) is 0.999. The molecule has 2 fully saturated rings. The smallest absolute Gasteiger partial charge is 0.263 e. The molecule has 4 atom stereocenters. The third kappa shape index (κ3) is 3.73. The molecule has 2 saturated carbocycles. The maximum atomic E-state index is 12.3. The molecule has 0 radical (unpaired) electrons. The van der Waals surface area contributed by atoms with E-state index in [-0.39, 0.29) is 24.3 Å². The normalized spacial score (nSPS) is 26.5. The molecule has 6 nitrogen and oxygen atoms in total. The lowest BCUT2D eigenvalue weighted by atomic mass is 9.84. The van der Waals surface area contributed by atoms with Crippen LogP contribution in [0.25, 0.3) is 0 Å². The fourth-order valence-electron chi connectivity index (χ4n) is 4.72. The van der Waals surface area contributed by atoms with Gasteiger partial charge in [0.2, 0.25) is 6.79 Å². The molecule has 0 spiro atoms. The van der Waals surface area contributed by atoms with E-state index in [9.17, 15) is 10.1 Å². The zero-order chi connectivity index (χ0) is 18.8. The van der Waals surface area contributed by atoms with E-state index in [1.54, 1.807) is 6.20 Å². The Hall–Kier alpha value is -2.68. The molecule has 2 N–H and O–H groups in total. The van der Waals surface area contributed by atoms with Crippen molar-refractivity contribution in [1.29, 1.82) is 5.26 Å². The Morgan fingerprint density at radius 2 is 2.19 bits per heavy atom. The van der Waals surface area contributed by atoms with Crippen molar-refractivity contribution >= 4 is 5.91 Å². The molecule has 2 aliphatic carbocycles. The van der Waals surface area contributed by atoms with Gasteiger partial charge in [0.25, 0.3) is 5.91 Å². The van der Waals surface area contributed by atoms with E-state index in [4.69, 9.17) is 9.47 Å². The van der Waals surface area contributed by atoms with Crippen molar-refractivity contribution < 1.29 is 14.3 Å². The second-order valence-corrected chi connectivity index (χ2v) is 7.83. The number of carbonyl (C=O) groups is 1. The zero-order valence-corrected chi connectivity index (χ0v) is 15.5. The molecule has 1 aromatic rings. The Kier molecular flexibility index (Phi) is 4.93. The second-order valence-electron chi connectivity index (χ2n) is 7.83. The van der Waals surface area contributed by atoms with E-state index in [1.807, 2.05) is 24.3 Å². The Balaban J connectivity index is 1.31. The van der Waals surface area contributed by atoms with E-state index >= 15 is 0 Å². The Bertz CT molecular complexity index is 798. The number of hydrogen-bond acceptors (Lipinski definition) is 5. The van der Waals surface area contributed by atoms with Gasteiger partial charge >= 0.3 is 0 Å². The van der Waals surface area contributed by atoms with Gasteiger partial charge in [-0.1, -0.05) is 12.5 Å². The van der Waals surface area contributed by atoms with Crippen molar-refractivity contribution in [3.63, 3.8) is 0 Å². The van der Waals surface area contributed by atoms with Crippen LogP contribution in [0.1, 0.15) is 38.2 Å². The van der Waals surface area contributed by atoms with Gasteiger partial charge in [-0.25, -0.2) is 0 Å². The molecule has 0 aromatic heterocycles. The van der Waals surface area contributed by atoms with Crippen molar-refractivity contribution in [1.82, 2.24) is 10.6 Å². The molecule has 4 rings (SSSR count). The lowest BCUT2D eigenvalue weighted by Gasteiger charge is -2.28. The monoisotopic (exact) mass is 367 g/mol. The summed E-state index contributed by atoms with van der Waals surface area (Å²) in [4.78, 5) is 12.3. The molecule has 1 aromatic carbocycles. The van der Waals surface area contributed by atoms with Gasteiger partial charge in [-0.05, 0) is 61.6 Å². The molecule has 4 unspecified atom stereocenters. The van der Waals surface area contributed by atoms with E-state index in [2.05, 4.69) is 17.6 Å². The lowest BCUT2D eigenvalue weighted by molar-refractivity contribution is -0.117. The Morgan fingerprint density at radius 3 is 2.93 bits per heavy atom. The second kappa shape index (κ2) is 7.51. The topological polar surface area (TPSA) is 83.4 Å². The minimum absolute atomic E-state index is 0.103. The van der Waals surface area contributed by atoms with Crippen molar-refractivity contribution in [2.45, 2.75) is 45.2 Å². The molecule has 1 aliphatic heterocycles. The largest absolute Gasteiger partial charge is 0.454 e. The first-order chi connectivity index (χ1) is 13.1. The van der Waals surface area contributed by atoms with Crippen LogP contribution >= 0.6 is 0 Å². The highest BCUT2D eigenvalue weighted by atomic mass is 16.7. The van der Waals surface area contributed by atoms with Gasteiger partial charge in [-0.2, -0.15) is 5.26 Å². The molecule has 2 bridgehead atoms. The Morgan fingerprint density at radius 1 is 1.33 bits per heavy atom. The minimum atomic E-state index is -0.372. The number of carbonyl (C=O) groups excluding carboxylic acids is 1. The summed E-state index contributed by atoms with van der Waals surface area (Å²) in [5.74, 6) is 3.35. The summed E-state index contributed by atoms with van der Waals surface area (Å²) in [5, 5.41) is 15.4. The number of nitrogens with zero attached hydrogens (tertiary/aromatic N) is 1. The third-order valence-electron chi connectivity index (χ3n) is 6.18. The Labute approximate surface area is 159 Å². The molecule has 1 amide bonds. The molecule has 1 heterocycles. The van der Waals surface area contributed by atoms with Crippen molar-refractivity contribution in [3.05, 3.63) is 35.5 Å². The third-order valence-corrected chi connectivity index (χ3v) is 6.18. The summed E-state index contributed by atoms with van der Waals surface area (Å²) >= 11 is 0. The van der Waals surface area contributed by atoms with E-state index < -0.39 is 0 Å². The first-order valence-corrected chi connectivity index (χ1v) is 9.67. The van der Waals surface area contributed by atoms with Crippen molar-refractivity contribution in [3.8, 4) is 17.6 Å². The summed E-state index contributed by atoms with van der Waals surface area (Å²) < 4.78 is 10.6. The number of nitrogens with one attached hydrogen (secondary N) is 2. The quantitative estimate of drug-likeness (QED) is 0.597. The molecule has 142 valence electrons. The minimum Gasteiger partial charge on any atom is -0.454 e. The van der Waals surface area contributed by atoms with Crippen LogP contribution in [0.5, 0.6) is 11.5 Å². The zero-order valence-electron chi connectivity index (χ0n) is 15.5. The van der Waals surface area contributed by atoms with Crippen LogP contribution in [0, 0.1) is 29.1 Å². The van der Waals surface area contributed by atoms with E-state index in [0.717, 1.165) is 17.4 Å². The van der Waals surface area contributed by atoms with Crippen molar-refractivity contribution in [2.24, 2.45) is 17.8 Å². The molecular formula is C21H25N3O3. The number of amides is 1. The standard InChI is InChI=1S/C21H25N3O3/c1-13(18-7-14-2-4-16(18)6-14)23-11-17(9-22)21(25)24-10-15-3-5-19-20(8-15)27-12-26-19/h3,5,8,11,13-14,16,18,23H,2,4,6-7,10,12H2,1H3,(H,24,25)/b17-11-. The molecule has 3 aliphatic rings. The van der Waals surface area contributed by atoms with Crippen LogP contribution in [0.3, 0.4) is 0 Å². The number of benzene rings is 1. The predicted molar refractivity (Wildman–Crippen MR) is 99.6 cm³/mol. The summed E-state index contributed by atoms with van der Waals surface area (Å²) in [6, 6.07) is 7.82.